The second-order valence-corrected chi connectivity index (χ2v) is 3.44. The first-order valence-corrected chi connectivity index (χ1v) is 5.13. The molecule has 0 N–H and O–H groups in total. The van der Waals surface area contributed by atoms with Crippen LogP contribution in [-0.4, -0.2) is 0 Å². The molecular weight excluding hydrogens is 199 g/mol. The standard InChI is InChI=1S/C15H11F/c16-15-12-5-4-10-14(15)11-6-9-13-7-2-1-3-8-13/h1-5,7-8,10,12H,11H2. The summed E-state index contributed by atoms with van der Waals surface area (Å²) in [6.45, 7) is 0. The first-order valence-electron chi connectivity index (χ1n) is 5.13. The summed E-state index contributed by atoms with van der Waals surface area (Å²) in [5.74, 6) is 5.78. The van der Waals surface area contributed by atoms with Gasteiger partial charge in [0.25, 0.3) is 0 Å². The molecule has 2 aromatic rings. The van der Waals surface area contributed by atoms with Crippen LogP contribution in [0.5, 0.6) is 0 Å². The number of halogens is 1. The van der Waals surface area contributed by atoms with Crippen molar-refractivity contribution in [2.45, 2.75) is 6.42 Å². The van der Waals surface area contributed by atoms with Gasteiger partial charge in [-0.3, -0.25) is 0 Å². The highest BCUT2D eigenvalue weighted by atomic mass is 19.1. The van der Waals surface area contributed by atoms with Crippen molar-refractivity contribution in [2.24, 2.45) is 0 Å². The fourth-order valence-electron chi connectivity index (χ4n) is 1.40. The van der Waals surface area contributed by atoms with Gasteiger partial charge in [-0.2, -0.15) is 0 Å². The number of rotatable bonds is 1. The van der Waals surface area contributed by atoms with Crippen molar-refractivity contribution < 1.29 is 4.39 Å². The van der Waals surface area contributed by atoms with Crippen LogP contribution in [0.3, 0.4) is 0 Å². The topological polar surface area (TPSA) is 0 Å². The third-order valence-corrected chi connectivity index (χ3v) is 2.24. The van der Waals surface area contributed by atoms with Gasteiger partial charge < -0.3 is 0 Å². The van der Waals surface area contributed by atoms with Gasteiger partial charge in [-0.05, 0) is 23.8 Å². The van der Waals surface area contributed by atoms with E-state index >= 15 is 0 Å². The molecule has 0 aromatic heterocycles. The molecule has 0 heterocycles. The monoisotopic (exact) mass is 210 g/mol. The molecule has 0 aliphatic carbocycles. The highest BCUT2D eigenvalue weighted by Gasteiger charge is 1.96. The highest BCUT2D eigenvalue weighted by Crippen LogP contribution is 2.06. The van der Waals surface area contributed by atoms with Crippen molar-refractivity contribution in [3.05, 3.63) is 71.5 Å². The zero-order valence-corrected chi connectivity index (χ0v) is 8.78. The molecule has 0 radical (unpaired) electrons. The lowest BCUT2D eigenvalue weighted by molar-refractivity contribution is 0.615. The Morgan fingerprint density at radius 1 is 0.875 bits per heavy atom. The predicted octanol–water partition coefficient (Wildman–Crippen LogP) is 3.42. The minimum absolute atomic E-state index is 0.190. The molecule has 0 saturated heterocycles. The zero-order chi connectivity index (χ0) is 11.2. The van der Waals surface area contributed by atoms with Gasteiger partial charge >= 0.3 is 0 Å². The van der Waals surface area contributed by atoms with Crippen LogP contribution in [0.25, 0.3) is 0 Å². The Morgan fingerprint density at radius 2 is 1.56 bits per heavy atom. The van der Waals surface area contributed by atoms with Gasteiger partial charge in [-0.25, -0.2) is 4.39 Å². The van der Waals surface area contributed by atoms with Crippen LogP contribution in [0.15, 0.2) is 54.6 Å². The second-order valence-electron chi connectivity index (χ2n) is 3.44. The summed E-state index contributed by atoms with van der Waals surface area (Å²) in [5, 5.41) is 0. The SMILES string of the molecule is Fc1ccccc1CC#Cc1ccccc1. The fourth-order valence-corrected chi connectivity index (χ4v) is 1.40. The molecule has 0 bridgehead atoms. The van der Waals surface area contributed by atoms with E-state index < -0.39 is 0 Å². The Bertz CT molecular complexity index is 518. The quantitative estimate of drug-likeness (QED) is 0.633. The molecule has 0 amide bonds. The summed E-state index contributed by atoms with van der Waals surface area (Å²) in [4.78, 5) is 0. The fraction of sp³-hybridized carbons (Fsp3) is 0.0667. The molecule has 0 unspecified atom stereocenters. The van der Waals surface area contributed by atoms with Gasteiger partial charge in [0.15, 0.2) is 0 Å². The summed E-state index contributed by atoms with van der Waals surface area (Å²) in [5.41, 5.74) is 1.60. The van der Waals surface area contributed by atoms with E-state index in [2.05, 4.69) is 11.8 Å². The van der Waals surface area contributed by atoms with E-state index in [1.165, 1.54) is 6.07 Å². The average Bonchev–Trinajstić information content (AvgIpc) is 2.33. The van der Waals surface area contributed by atoms with Crippen LogP contribution in [0, 0.1) is 17.7 Å². The lowest BCUT2D eigenvalue weighted by Gasteiger charge is -1.95. The third kappa shape index (κ3) is 2.71. The molecule has 0 aliphatic rings. The van der Waals surface area contributed by atoms with Gasteiger partial charge in [-0.1, -0.05) is 48.2 Å². The lowest BCUT2D eigenvalue weighted by atomic mass is 10.1. The van der Waals surface area contributed by atoms with E-state index in [9.17, 15) is 4.39 Å². The van der Waals surface area contributed by atoms with Crippen molar-refractivity contribution >= 4 is 0 Å². The van der Waals surface area contributed by atoms with Crippen molar-refractivity contribution in [2.75, 3.05) is 0 Å². The Balaban J connectivity index is 2.09. The third-order valence-electron chi connectivity index (χ3n) is 2.24. The maximum Gasteiger partial charge on any atom is 0.127 e. The summed E-state index contributed by atoms with van der Waals surface area (Å²) >= 11 is 0. The van der Waals surface area contributed by atoms with E-state index in [0.717, 1.165) is 5.56 Å². The molecule has 0 atom stereocenters. The average molecular weight is 210 g/mol. The molecule has 0 aliphatic heterocycles. The lowest BCUT2D eigenvalue weighted by Crippen LogP contribution is -1.86. The first-order chi connectivity index (χ1) is 7.86. The summed E-state index contributed by atoms with van der Waals surface area (Å²) in [6.07, 6.45) is 0.446. The summed E-state index contributed by atoms with van der Waals surface area (Å²) in [7, 11) is 0. The van der Waals surface area contributed by atoms with Crippen LogP contribution >= 0.6 is 0 Å². The molecule has 16 heavy (non-hydrogen) atoms. The van der Waals surface area contributed by atoms with Crippen molar-refractivity contribution in [3.63, 3.8) is 0 Å². The number of hydrogen-bond acceptors (Lipinski definition) is 0. The first kappa shape index (κ1) is 10.4. The minimum atomic E-state index is -0.190. The molecule has 0 nitrogen and oxygen atoms in total. The predicted molar refractivity (Wildman–Crippen MR) is 63.4 cm³/mol. The normalized spacial score (nSPS) is 9.31. The molecular formula is C15H11F. The van der Waals surface area contributed by atoms with Gasteiger partial charge in [0.2, 0.25) is 0 Å². The zero-order valence-electron chi connectivity index (χ0n) is 8.78. The Hall–Kier alpha value is -2.07. The van der Waals surface area contributed by atoms with Gasteiger partial charge in [-0.15, -0.1) is 0 Å². The highest BCUT2D eigenvalue weighted by molar-refractivity contribution is 5.35. The van der Waals surface area contributed by atoms with E-state index in [1.807, 2.05) is 36.4 Å². The van der Waals surface area contributed by atoms with Crippen LogP contribution in [0.2, 0.25) is 0 Å². The number of hydrogen-bond donors (Lipinski definition) is 0. The molecule has 1 heteroatoms. The number of benzene rings is 2. The maximum atomic E-state index is 13.2. The van der Waals surface area contributed by atoms with Crippen molar-refractivity contribution in [1.82, 2.24) is 0 Å². The van der Waals surface area contributed by atoms with Crippen molar-refractivity contribution in [3.8, 4) is 11.8 Å². The molecule has 0 fully saturated rings. The Kier molecular flexibility index (Phi) is 3.35. The molecule has 0 spiro atoms. The van der Waals surface area contributed by atoms with E-state index in [0.29, 0.717) is 12.0 Å². The van der Waals surface area contributed by atoms with Gasteiger partial charge in [0.05, 0.1) is 0 Å². The Labute approximate surface area is 94.7 Å². The minimum Gasteiger partial charge on any atom is -0.207 e. The maximum absolute atomic E-state index is 13.2. The summed E-state index contributed by atoms with van der Waals surface area (Å²) in [6, 6.07) is 16.4. The molecule has 2 aromatic carbocycles. The smallest absolute Gasteiger partial charge is 0.127 e. The van der Waals surface area contributed by atoms with E-state index in [-0.39, 0.29) is 5.82 Å². The van der Waals surface area contributed by atoms with Gasteiger partial charge in [0, 0.05) is 12.0 Å². The van der Waals surface area contributed by atoms with E-state index in [1.54, 1.807) is 12.1 Å². The summed E-state index contributed by atoms with van der Waals surface area (Å²) < 4.78 is 13.2. The Morgan fingerprint density at radius 3 is 2.31 bits per heavy atom. The van der Waals surface area contributed by atoms with Crippen LogP contribution in [0.4, 0.5) is 4.39 Å². The van der Waals surface area contributed by atoms with Crippen LogP contribution in [0.1, 0.15) is 11.1 Å². The van der Waals surface area contributed by atoms with Crippen LogP contribution in [-0.2, 0) is 6.42 Å². The van der Waals surface area contributed by atoms with Crippen LogP contribution < -0.4 is 0 Å². The largest absolute Gasteiger partial charge is 0.207 e. The van der Waals surface area contributed by atoms with Crippen molar-refractivity contribution in [1.29, 1.82) is 0 Å². The molecule has 0 saturated carbocycles. The second kappa shape index (κ2) is 5.14. The molecule has 2 rings (SSSR count). The molecule has 78 valence electrons. The van der Waals surface area contributed by atoms with E-state index in [4.69, 9.17) is 0 Å². The van der Waals surface area contributed by atoms with Gasteiger partial charge in [0.1, 0.15) is 5.82 Å².